The van der Waals surface area contributed by atoms with Crippen LogP contribution in [0.1, 0.15) is 75.3 Å². The van der Waals surface area contributed by atoms with Gasteiger partial charge in [0.1, 0.15) is 11.6 Å². The van der Waals surface area contributed by atoms with Crippen molar-refractivity contribution in [1.82, 2.24) is 9.80 Å². The molecule has 0 spiro atoms. The van der Waals surface area contributed by atoms with Crippen molar-refractivity contribution >= 4 is 23.4 Å². The second kappa shape index (κ2) is 11.9. The summed E-state index contributed by atoms with van der Waals surface area (Å²) in [5.74, 6) is 0.818. The minimum Gasteiger partial charge on any atom is -0.493 e. The quantitative estimate of drug-likeness (QED) is 0.383. The zero-order valence-corrected chi connectivity index (χ0v) is 23.8. The maximum atomic E-state index is 14.1. The van der Waals surface area contributed by atoms with Crippen LogP contribution in [0.15, 0.2) is 42.5 Å². The number of likely N-dealkylation sites (tertiary alicyclic amines) is 2. The van der Waals surface area contributed by atoms with Crippen LogP contribution in [0, 0.1) is 18.2 Å². The van der Waals surface area contributed by atoms with E-state index in [1.807, 2.05) is 34.9 Å². The highest BCUT2D eigenvalue weighted by molar-refractivity contribution is 6.31. The van der Waals surface area contributed by atoms with E-state index in [1.54, 1.807) is 12.1 Å². The zero-order valence-electron chi connectivity index (χ0n) is 23.0. The highest BCUT2D eigenvalue weighted by atomic mass is 35.5. The molecule has 39 heavy (non-hydrogen) atoms. The molecule has 5 nitrogen and oxygen atoms in total. The molecule has 0 N–H and O–H groups in total. The first-order valence-electron chi connectivity index (χ1n) is 14.5. The fourth-order valence-corrected chi connectivity index (χ4v) is 6.87. The summed E-state index contributed by atoms with van der Waals surface area (Å²) >= 11 is 6.21. The Kier molecular flexibility index (Phi) is 8.51. The number of halogens is 2. The molecule has 3 aliphatic rings. The van der Waals surface area contributed by atoms with E-state index >= 15 is 0 Å². The van der Waals surface area contributed by atoms with E-state index in [0.29, 0.717) is 44.0 Å². The minimum atomic E-state index is -0.575. The van der Waals surface area contributed by atoms with Gasteiger partial charge in [0.2, 0.25) is 11.8 Å². The number of carbonyl (C=O) groups excluding carboxylic acids is 2. The Morgan fingerprint density at radius 1 is 0.872 bits per heavy atom. The number of benzene rings is 2. The van der Waals surface area contributed by atoms with Crippen LogP contribution in [0.5, 0.6) is 5.75 Å². The van der Waals surface area contributed by atoms with Crippen molar-refractivity contribution in [3.05, 3.63) is 64.4 Å². The van der Waals surface area contributed by atoms with Crippen molar-refractivity contribution in [2.45, 2.75) is 76.5 Å². The molecule has 210 valence electrons. The van der Waals surface area contributed by atoms with Crippen LogP contribution < -0.4 is 4.74 Å². The molecule has 2 aromatic rings. The smallest absolute Gasteiger partial charge is 0.233 e. The van der Waals surface area contributed by atoms with Gasteiger partial charge in [-0.2, -0.15) is 0 Å². The van der Waals surface area contributed by atoms with Gasteiger partial charge in [0.15, 0.2) is 0 Å². The molecular formula is C32H40ClFN2O3. The topological polar surface area (TPSA) is 49.9 Å². The van der Waals surface area contributed by atoms with E-state index in [4.69, 9.17) is 16.3 Å². The Morgan fingerprint density at radius 3 is 2.18 bits per heavy atom. The van der Waals surface area contributed by atoms with Crippen LogP contribution in [0.25, 0.3) is 0 Å². The summed E-state index contributed by atoms with van der Waals surface area (Å²) in [5.41, 5.74) is 0.965. The molecular weight excluding hydrogens is 515 g/mol. The largest absolute Gasteiger partial charge is 0.493 e. The highest BCUT2D eigenvalue weighted by Crippen LogP contribution is 2.45. The summed E-state index contributed by atoms with van der Waals surface area (Å²) in [6.45, 7) is 5.23. The first-order valence-corrected chi connectivity index (χ1v) is 14.9. The standard InChI is InChI=1S/C32H40ClFN2O3/c1-24-21-27(11-12-28(24)33)39-23-31(22-29(37)35-17-5-2-6-18-35)15-19-36(20-16-31)30(38)32(13-3-4-14-32)25-7-9-26(34)10-8-25/h7-12,21H,2-6,13-20,22-23H2,1H3. The SMILES string of the molecule is Cc1cc(OCC2(CC(=O)N3CCCCC3)CCN(C(=O)C3(c4ccc(F)cc4)CCCC3)CC2)ccc1Cl. The van der Waals surface area contributed by atoms with E-state index in [9.17, 15) is 14.0 Å². The molecule has 0 radical (unpaired) electrons. The third-order valence-corrected chi connectivity index (χ3v) is 9.71. The van der Waals surface area contributed by atoms with Gasteiger partial charge < -0.3 is 14.5 Å². The summed E-state index contributed by atoms with van der Waals surface area (Å²) in [6.07, 6.45) is 8.76. The summed E-state index contributed by atoms with van der Waals surface area (Å²) in [7, 11) is 0. The molecule has 2 heterocycles. The van der Waals surface area contributed by atoms with E-state index in [0.717, 1.165) is 68.5 Å². The number of piperidine rings is 2. The number of carbonyl (C=O) groups is 2. The number of aryl methyl sites for hydroxylation is 1. The van der Waals surface area contributed by atoms with Gasteiger partial charge in [-0.25, -0.2) is 4.39 Å². The van der Waals surface area contributed by atoms with Gasteiger partial charge >= 0.3 is 0 Å². The van der Waals surface area contributed by atoms with Crippen molar-refractivity contribution in [2.75, 3.05) is 32.8 Å². The van der Waals surface area contributed by atoms with Crippen molar-refractivity contribution in [1.29, 1.82) is 0 Å². The van der Waals surface area contributed by atoms with Crippen LogP contribution in [0.2, 0.25) is 5.02 Å². The normalized spacial score (nSPS) is 20.6. The third-order valence-electron chi connectivity index (χ3n) is 9.28. The number of amides is 2. The van der Waals surface area contributed by atoms with Crippen LogP contribution in [-0.2, 0) is 15.0 Å². The molecule has 2 saturated heterocycles. The molecule has 2 amide bonds. The number of rotatable bonds is 7. The van der Waals surface area contributed by atoms with Crippen molar-refractivity contribution in [3.63, 3.8) is 0 Å². The van der Waals surface area contributed by atoms with Gasteiger partial charge in [-0.1, -0.05) is 36.6 Å². The van der Waals surface area contributed by atoms with Gasteiger partial charge in [0.05, 0.1) is 12.0 Å². The second-order valence-electron chi connectivity index (χ2n) is 11.9. The maximum absolute atomic E-state index is 14.1. The van der Waals surface area contributed by atoms with E-state index in [-0.39, 0.29) is 23.0 Å². The van der Waals surface area contributed by atoms with E-state index in [2.05, 4.69) is 0 Å². The van der Waals surface area contributed by atoms with E-state index < -0.39 is 5.41 Å². The molecule has 0 atom stereocenters. The lowest BCUT2D eigenvalue weighted by molar-refractivity contribution is -0.142. The predicted molar refractivity (Wildman–Crippen MR) is 152 cm³/mol. The molecule has 7 heteroatoms. The summed E-state index contributed by atoms with van der Waals surface area (Å²) in [5, 5.41) is 0.700. The average molecular weight is 555 g/mol. The number of hydrogen-bond acceptors (Lipinski definition) is 3. The molecule has 0 aromatic heterocycles. The fraction of sp³-hybridized carbons (Fsp3) is 0.562. The lowest BCUT2D eigenvalue weighted by atomic mass is 9.73. The lowest BCUT2D eigenvalue weighted by Gasteiger charge is -2.44. The molecule has 3 fully saturated rings. The zero-order chi connectivity index (χ0) is 27.5. The van der Waals surface area contributed by atoms with Gasteiger partial charge in [-0.15, -0.1) is 0 Å². The monoisotopic (exact) mass is 554 g/mol. The van der Waals surface area contributed by atoms with Crippen LogP contribution in [-0.4, -0.2) is 54.4 Å². The third kappa shape index (κ3) is 6.11. The van der Waals surface area contributed by atoms with Gasteiger partial charge in [-0.05, 0) is 93.3 Å². The van der Waals surface area contributed by atoms with Crippen molar-refractivity contribution in [2.24, 2.45) is 5.41 Å². The minimum absolute atomic E-state index is 0.150. The lowest BCUT2D eigenvalue weighted by Crippen LogP contribution is -2.52. The second-order valence-corrected chi connectivity index (χ2v) is 12.3. The predicted octanol–water partition coefficient (Wildman–Crippen LogP) is 6.69. The van der Waals surface area contributed by atoms with Gasteiger partial charge in [-0.3, -0.25) is 9.59 Å². The van der Waals surface area contributed by atoms with E-state index in [1.165, 1.54) is 18.6 Å². The number of nitrogens with zero attached hydrogens (tertiary/aromatic N) is 2. The maximum Gasteiger partial charge on any atom is 0.233 e. The molecule has 1 aliphatic carbocycles. The summed E-state index contributed by atoms with van der Waals surface area (Å²) in [4.78, 5) is 31.5. The molecule has 0 unspecified atom stereocenters. The van der Waals surface area contributed by atoms with Crippen molar-refractivity contribution < 1.29 is 18.7 Å². The Hall–Kier alpha value is -2.60. The highest BCUT2D eigenvalue weighted by Gasteiger charge is 2.47. The Morgan fingerprint density at radius 2 is 1.54 bits per heavy atom. The fourth-order valence-electron chi connectivity index (χ4n) is 6.75. The molecule has 5 rings (SSSR count). The Balaban J connectivity index is 1.32. The van der Waals surface area contributed by atoms with Crippen LogP contribution in [0.4, 0.5) is 4.39 Å². The van der Waals surface area contributed by atoms with Crippen LogP contribution >= 0.6 is 11.6 Å². The Labute approximate surface area is 236 Å². The number of ether oxygens (including phenoxy) is 1. The Bertz CT molecular complexity index is 1160. The van der Waals surface area contributed by atoms with Crippen molar-refractivity contribution in [3.8, 4) is 5.75 Å². The first-order chi connectivity index (χ1) is 18.8. The van der Waals surface area contributed by atoms with Gasteiger partial charge in [0, 0.05) is 43.0 Å². The molecule has 1 saturated carbocycles. The van der Waals surface area contributed by atoms with Crippen LogP contribution in [0.3, 0.4) is 0 Å². The first kappa shape index (κ1) is 27.9. The molecule has 2 aromatic carbocycles. The van der Waals surface area contributed by atoms with Gasteiger partial charge in [0.25, 0.3) is 0 Å². The summed E-state index contributed by atoms with van der Waals surface area (Å²) in [6, 6.07) is 12.2. The average Bonchev–Trinajstić information content (AvgIpc) is 3.46. The molecule has 0 bridgehead atoms. The number of hydrogen-bond donors (Lipinski definition) is 0. The molecule has 2 aliphatic heterocycles. The summed E-state index contributed by atoms with van der Waals surface area (Å²) < 4.78 is 20.0.